The molecular weight excluding hydrogens is 224 g/mol. The van der Waals surface area contributed by atoms with Crippen molar-refractivity contribution >= 4 is 0 Å². The summed E-state index contributed by atoms with van der Waals surface area (Å²) in [6.07, 6.45) is 2.83. The molecule has 4 aliphatic heterocycles. The van der Waals surface area contributed by atoms with E-state index in [1.54, 1.807) is 0 Å². The highest BCUT2D eigenvalue weighted by molar-refractivity contribution is 4.92. The highest BCUT2D eigenvalue weighted by Crippen LogP contribution is 2.27. The van der Waals surface area contributed by atoms with E-state index in [9.17, 15) is 0 Å². The van der Waals surface area contributed by atoms with Gasteiger partial charge in [0, 0.05) is 44.8 Å². The van der Waals surface area contributed by atoms with E-state index in [0.29, 0.717) is 6.04 Å². The molecule has 4 saturated heterocycles. The van der Waals surface area contributed by atoms with Crippen LogP contribution in [0.2, 0.25) is 0 Å². The molecule has 0 spiro atoms. The second-order valence-corrected chi connectivity index (χ2v) is 6.55. The van der Waals surface area contributed by atoms with Crippen LogP contribution in [0.4, 0.5) is 0 Å². The predicted octanol–water partition coefficient (Wildman–Crippen LogP) is -0.0840. The minimum absolute atomic E-state index is 0.694. The average molecular weight is 252 g/mol. The monoisotopic (exact) mass is 252 g/mol. The summed E-state index contributed by atoms with van der Waals surface area (Å²) in [6.45, 7) is 8.77. The Hall–Kier alpha value is -0.160. The Kier molecular flexibility index (Phi) is 3.89. The van der Waals surface area contributed by atoms with E-state index in [0.717, 1.165) is 18.5 Å². The number of nitrogens with one attached hydrogen (secondary N) is 1. The van der Waals surface area contributed by atoms with Crippen LogP contribution in [0.25, 0.3) is 0 Å². The average Bonchev–Trinajstić information content (AvgIpc) is 2.41. The third-order valence-corrected chi connectivity index (χ3v) is 5.25. The first-order valence-corrected chi connectivity index (χ1v) is 7.57. The fourth-order valence-corrected chi connectivity index (χ4v) is 3.81. The van der Waals surface area contributed by atoms with Crippen molar-refractivity contribution in [1.82, 2.24) is 20.0 Å². The van der Waals surface area contributed by atoms with Crippen LogP contribution in [-0.4, -0.2) is 86.7 Å². The molecule has 4 heteroatoms. The maximum absolute atomic E-state index is 3.86. The highest BCUT2D eigenvalue weighted by atomic mass is 15.3. The van der Waals surface area contributed by atoms with Crippen molar-refractivity contribution in [2.75, 3.05) is 59.9 Å². The van der Waals surface area contributed by atoms with Gasteiger partial charge in [-0.2, -0.15) is 0 Å². The molecule has 4 rings (SSSR count). The second-order valence-electron chi connectivity index (χ2n) is 6.55. The van der Waals surface area contributed by atoms with Crippen molar-refractivity contribution in [2.24, 2.45) is 5.92 Å². The van der Waals surface area contributed by atoms with Gasteiger partial charge in [-0.3, -0.25) is 4.90 Å². The number of hydrogen-bond donors (Lipinski definition) is 1. The van der Waals surface area contributed by atoms with E-state index < -0.39 is 0 Å². The van der Waals surface area contributed by atoms with E-state index in [1.165, 1.54) is 52.1 Å². The number of hydrogen-bond acceptors (Lipinski definition) is 4. The van der Waals surface area contributed by atoms with Crippen LogP contribution in [0, 0.1) is 5.92 Å². The predicted molar refractivity (Wildman–Crippen MR) is 74.9 cm³/mol. The van der Waals surface area contributed by atoms with Gasteiger partial charge in [-0.1, -0.05) is 0 Å². The number of fused-ring (bicyclic) bond motifs is 3. The van der Waals surface area contributed by atoms with Crippen LogP contribution in [0.15, 0.2) is 0 Å². The first-order valence-electron chi connectivity index (χ1n) is 7.57. The first kappa shape index (κ1) is 12.9. The van der Waals surface area contributed by atoms with Crippen molar-refractivity contribution in [2.45, 2.75) is 24.9 Å². The van der Waals surface area contributed by atoms with Crippen LogP contribution < -0.4 is 5.32 Å². The zero-order chi connectivity index (χ0) is 12.5. The largest absolute Gasteiger partial charge is 0.311 e. The highest BCUT2D eigenvalue weighted by Gasteiger charge is 2.34. The Morgan fingerprint density at radius 2 is 1.78 bits per heavy atom. The number of likely N-dealkylation sites (N-methyl/N-ethyl adjacent to an activating group) is 2. The van der Waals surface area contributed by atoms with E-state index in [4.69, 9.17) is 0 Å². The van der Waals surface area contributed by atoms with Crippen molar-refractivity contribution in [3.05, 3.63) is 0 Å². The Labute approximate surface area is 111 Å². The molecule has 4 aliphatic rings. The summed E-state index contributed by atoms with van der Waals surface area (Å²) in [5.41, 5.74) is 0. The van der Waals surface area contributed by atoms with Crippen molar-refractivity contribution in [1.29, 1.82) is 0 Å². The normalized spacial score (nSPS) is 42.3. The molecule has 1 N–H and O–H groups in total. The summed E-state index contributed by atoms with van der Waals surface area (Å²) < 4.78 is 0. The molecule has 104 valence electrons. The summed E-state index contributed by atoms with van der Waals surface area (Å²) in [7, 11) is 4.52. The Balaban J connectivity index is 1.48. The molecule has 0 saturated carbocycles. The summed E-state index contributed by atoms with van der Waals surface area (Å²) in [4.78, 5) is 7.62. The number of piperidine rings is 3. The zero-order valence-corrected chi connectivity index (χ0v) is 11.9. The topological polar surface area (TPSA) is 21.8 Å². The van der Waals surface area contributed by atoms with Crippen LogP contribution in [0.5, 0.6) is 0 Å². The molecule has 0 aromatic rings. The van der Waals surface area contributed by atoms with E-state index in [-0.39, 0.29) is 0 Å². The molecule has 18 heavy (non-hydrogen) atoms. The number of rotatable bonds is 3. The molecule has 2 bridgehead atoms. The third kappa shape index (κ3) is 2.72. The molecule has 0 aliphatic carbocycles. The standard InChI is InChI=1S/C14H28N4/c1-16-7-8-17(2)13(10-16)9-15-14-11-18-5-3-12(14)4-6-18/h12-15H,3-11H2,1-2H3. The first-order chi connectivity index (χ1) is 8.72. The molecule has 4 fully saturated rings. The van der Waals surface area contributed by atoms with Gasteiger partial charge < -0.3 is 15.1 Å². The van der Waals surface area contributed by atoms with Crippen molar-refractivity contribution < 1.29 is 0 Å². The van der Waals surface area contributed by atoms with Gasteiger partial charge in [0.2, 0.25) is 0 Å². The molecule has 4 nitrogen and oxygen atoms in total. The Morgan fingerprint density at radius 1 is 1.00 bits per heavy atom. The van der Waals surface area contributed by atoms with Crippen molar-refractivity contribution in [3.63, 3.8) is 0 Å². The molecule has 2 unspecified atom stereocenters. The summed E-state index contributed by atoms with van der Waals surface area (Å²) >= 11 is 0. The van der Waals surface area contributed by atoms with Crippen molar-refractivity contribution in [3.8, 4) is 0 Å². The van der Waals surface area contributed by atoms with Gasteiger partial charge in [-0.05, 0) is 45.9 Å². The van der Waals surface area contributed by atoms with Crippen LogP contribution >= 0.6 is 0 Å². The molecule has 0 aromatic heterocycles. The summed E-state index contributed by atoms with van der Waals surface area (Å²) in [6, 6.07) is 1.45. The lowest BCUT2D eigenvalue weighted by Crippen LogP contribution is -2.60. The third-order valence-electron chi connectivity index (χ3n) is 5.25. The Morgan fingerprint density at radius 3 is 2.44 bits per heavy atom. The lowest BCUT2D eigenvalue weighted by atomic mass is 9.84. The van der Waals surface area contributed by atoms with E-state index >= 15 is 0 Å². The quantitative estimate of drug-likeness (QED) is 0.758. The molecule has 0 radical (unpaired) electrons. The van der Waals surface area contributed by atoms with E-state index in [2.05, 4.69) is 34.1 Å². The number of piperazine rings is 1. The minimum atomic E-state index is 0.694. The molecule has 4 heterocycles. The smallest absolute Gasteiger partial charge is 0.0345 e. The molecule has 2 atom stereocenters. The SMILES string of the molecule is CN1CCN(C)C(CNC2CN3CCC2CC3)C1. The van der Waals surface area contributed by atoms with Crippen LogP contribution in [0.3, 0.4) is 0 Å². The fourth-order valence-electron chi connectivity index (χ4n) is 3.81. The second kappa shape index (κ2) is 5.45. The van der Waals surface area contributed by atoms with Crippen LogP contribution in [-0.2, 0) is 0 Å². The van der Waals surface area contributed by atoms with Gasteiger partial charge in [-0.25, -0.2) is 0 Å². The lowest BCUT2D eigenvalue weighted by molar-refractivity contribution is 0.0602. The lowest BCUT2D eigenvalue weighted by Gasteiger charge is -2.46. The maximum atomic E-state index is 3.86. The van der Waals surface area contributed by atoms with Gasteiger partial charge >= 0.3 is 0 Å². The van der Waals surface area contributed by atoms with E-state index in [1.807, 2.05) is 0 Å². The number of nitrogens with zero attached hydrogens (tertiary/aromatic N) is 3. The van der Waals surface area contributed by atoms with Gasteiger partial charge in [0.1, 0.15) is 0 Å². The molecule has 0 aromatic carbocycles. The Bertz CT molecular complexity index is 271. The summed E-state index contributed by atoms with van der Waals surface area (Å²) in [5, 5.41) is 3.86. The van der Waals surface area contributed by atoms with Gasteiger partial charge in [-0.15, -0.1) is 0 Å². The van der Waals surface area contributed by atoms with Gasteiger partial charge in [0.15, 0.2) is 0 Å². The summed E-state index contributed by atoms with van der Waals surface area (Å²) in [5.74, 6) is 0.946. The maximum Gasteiger partial charge on any atom is 0.0345 e. The molecule has 0 amide bonds. The zero-order valence-electron chi connectivity index (χ0n) is 11.9. The molecular formula is C14H28N4. The van der Waals surface area contributed by atoms with Crippen LogP contribution in [0.1, 0.15) is 12.8 Å². The van der Waals surface area contributed by atoms with Gasteiger partial charge in [0.05, 0.1) is 0 Å². The fraction of sp³-hybridized carbons (Fsp3) is 1.00. The van der Waals surface area contributed by atoms with Gasteiger partial charge in [0.25, 0.3) is 0 Å². The minimum Gasteiger partial charge on any atom is -0.311 e.